The van der Waals surface area contributed by atoms with Crippen molar-refractivity contribution in [3.8, 4) is 0 Å². The Labute approximate surface area is 159 Å². The van der Waals surface area contributed by atoms with Gasteiger partial charge in [0.2, 0.25) is 0 Å². The molecule has 0 amide bonds. The number of fused-ring (bicyclic) bond motifs is 1. The van der Waals surface area contributed by atoms with Crippen molar-refractivity contribution in [2.45, 2.75) is 50.7 Å². The fourth-order valence-electron chi connectivity index (χ4n) is 6.13. The normalized spacial score (nSPS) is 34.1. The van der Waals surface area contributed by atoms with Crippen LogP contribution in [0, 0.1) is 17.8 Å². The third-order valence-electron chi connectivity index (χ3n) is 7.04. The van der Waals surface area contributed by atoms with Gasteiger partial charge in [-0.05, 0) is 62.8 Å². The van der Waals surface area contributed by atoms with Gasteiger partial charge < -0.3 is 19.8 Å². The van der Waals surface area contributed by atoms with Gasteiger partial charge in [0, 0.05) is 30.9 Å². The largest absolute Gasteiger partial charge is 0.462 e. The Bertz CT molecular complexity index is 861. The van der Waals surface area contributed by atoms with Crippen LogP contribution in [-0.2, 0) is 9.47 Å². The predicted octanol–water partition coefficient (Wildman–Crippen LogP) is 3.75. The summed E-state index contributed by atoms with van der Waals surface area (Å²) in [6.45, 7) is 2.19. The van der Waals surface area contributed by atoms with Crippen molar-refractivity contribution in [1.29, 1.82) is 0 Å². The number of H-pyrrole nitrogens is 1. The van der Waals surface area contributed by atoms with Crippen LogP contribution in [0.3, 0.4) is 0 Å². The zero-order valence-corrected chi connectivity index (χ0v) is 16.0. The van der Waals surface area contributed by atoms with Crippen LogP contribution in [0.4, 0.5) is 5.69 Å². The number of anilines is 1. The molecule has 2 heterocycles. The van der Waals surface area contributed by atoms with Crippen LogP contribution in [0.15, 0.2) is 18.5 Å². The topological polar surface area (TPSA) is 76.2 Å². The van der Waals surface area contributed by atoms with Gasteiger partial charge in [-0.3, -0.25) is 0 Å². The molecule has 6 nitrogen and oxygen atoms in total. The van der Waals surface area contributed by atoms with Gasteiger partial charge in [0.25, 0.3) is 0 Å². The quantitative estimate of drug-likeness (QED) is 0.785. The second kappa shape index (κ2) is 6.23. The maximum Gasteiger partial charge on any atom is 0.341 e. The monoisotopic (exact) mass is 369 g/mol. The first-order valence-electron chi connectivity index (χ1n) is 10.1. The average Bonchev–Trinajstić information content (AvgIpc) is 3.13. The lowest BCUT2D eigenvalue weighted by atomic mass is 9.52. The number of aromatic amines is 1. The summed E-state index contributed by atoms with van der Waals surface area (Å²) in [6, 6.07) is 2.36. The molecule has 4 saturated carbocycles. The van der Waals surface area contributed by atoms with E-state index in [2.05, 4.69) is 15.3 Å². The Kier molecular flexibility index (Phi) is 3.93. The molecule has 6 rings (SSSR count). The number of hydrogen-bond donors (Lipinski definition) is 2. The molecule has 2 aromatic heterocycles. The van der Waals surface area contributed by atoms with Crippen molar-refractivity contribution in [1.82, 2.24) is 9.97 Å². The van der Waals surface area contributed by atoms with E-state index in [1.807, 2.05) is 26.3 Å². The molecule has 144 valence electrons. The molecule has 1 unspecified atom stereocenters. The molecular formula is C21H27N3O3. The first-order valence-corrected chi connectivity index (χ1v) is 10.1. The first-order chi connectivity index (χ1) is 13.1. The molecule has 0 aromatic carbocycles. The second-order valence-corrected chi connectivity index (χ2v) is 8.53. The van der Waals surface area contributed by atoms with Crippen LogP contribution in [0.5, 0.6) is 0 Å². The molecule has 0 saturated heterocycles. The highest BCUT2D eigenvalue weighted by Crippen LogP contribution is 2.57. The Balaban J connectivity index is 1.51. The summed E-state index contributed by atoms with van der Waals surface area (Å²) in [6.07, 6.45) is 9.47. The van der Waals surface area contributed by atoms with E-state index in [-0.39, 0.29) is 11.6 Å². The minimum atomic E-state index is -0.312. The second-order valence-electron chi connectivity index (χ2n) is 8.53. The van der Waals surface area contributed by atoms with Gasteiger partial charge in [-0.1, -0.05) is 0 Å². The minimum absolute atomic E-state index is 0.0836. The molecule has 4 fully saturated rings. The Hall–Kier alpha value is -2.08. The summed E-state index contributed by atoms with van der Waals surface area (Å²) in [4.78, 5) is 20.1. The fraction of sp³-hybridized carbons (Fsp3) is 0.619. The van der Waals surface area contributed by atoms with Gasteiger partial charge in [-0.15, -0.1) is 0 Å². The number of carbonyl (C=O) groups is 1. The number of nitrogens with zero attached hydrogens (tertiary/aromatic N) is 1. The van der Waals surface area contributed by atoms with Gasteiger partial charge in [-0.2, -0.15) is 0 Å². The van der Waals surface area contributed by atoms with E-state index >= 15 is 0 Å². The summed E-state index contributed by atoms with van der Waals surface area (Å²) in [5, 5.41) is 4.74. The molecule has 4 bridgehead atoms. The molecule has 2 aromatic rings. The fourth-order valence-corrected chi connectivity index (χ4v) is 6.13. The smallest absolute Gasteiger partial charge is 0.341 e. The van der Waals surface area contributed by atoms with Gasteiger partial charge >= 0.3 is 5.97 Å². The Morgan fingerprint density at radius 3 is 2.81 bits per heavy atom. The van der Waals surface area contributed by atoms with Gasteiger partial charge in [0.15, 0.2) is 0 Å². The summed E-state index contributed by atoms with van der Waals surface area (Å²) in [7, 11) is 1.88. The predicted molar refractivity (Wildman–Crippen MR) is 103 cm³/mol. The number of rotatable bonds is 5. The molecule has 4 aliphatic carbocycles. The van der Waals surface area contributed by atoms with Crippen LogP contribution in [-0.4, -0.2) is 41.3 Å². The molecule has 0 spiro atoms. The number of methoxy groups -OCH3 is 1. The zero-order valence-electron chi connectivity index (χ0n) is 16.0. The van der Waals surface area contributed by atoms with Crippen molar-refractivity contribution >= 4 is 22.7 Å². The third-order valence-corrected chi connectivity index (χ3v) is 7.04. The van der Waals surface area contributed by atoms with Crippen molar-refractivity contribution in [2.75, 3.05) is 19.0 Å². The molecular weight excluding hydrogens is 342 g/mol. The minimum Gasteiger partial charge on any atom is -0.462 e. The molecule has 4 aliphatic rings. The van der Waals surface area contributed by atoms with Crippen molar-refractivity contribution < 1.29 is 14.3 Å². The number of pyridine rings is 1. The number of aromatic nitrogens is 2. The van der Waals surface area contributed by atoms with E-state index in [4.69, 9.17) is 9.47 Å². The average molecular weight is 369 g/mol. The van der Waals surface area contributed by atoms with Crippen LogP contribution >= 0.6 is 0 Å². The van der Waals surface area contributed by atoms with E-state index in [0.29, 0.717) is 30.0 Å². The van der Waals surface area contributed by atoms with Crippen LogP contribution in [0.25, 0.3) is 11.0 Å². The van der Waals surface area contributed by atoms with Crippen molar-refractivity contribution in [3.63, 3.8) is 0 Å². The summed E-state index contributed by atoms with van der Waals surface area (Å²) in [5.74, 6) is 1.66. The third kappa shape index (κ3) is 2.64. The van der Waals surface area contributed by atoms with Crippen molar-refractivity contribution in [2.24, 2.45) is 17.8 Å². The number of nitrogens with one attached hydrogen (secondary N) is 2. The first kappa shape index (κ1) is 17.0. The highest BCUT2D eigenvalue weighted by molar-refractivity contribution is 6.04. The maximum absolute atomic E-state index is 12.5. The summed E-state index contributed by atoms with van der Waals surface area (Å²) >= 11 is 0. The van der Waals surface area contributed by atoms with E-state index in [0.717, 1.165) is 35.5 Å². The zero-order chi connectivity index (χ0) is 18.6. The number of hydrogen-bond acceptors (Lipinski definition) is 5. The molecule has 2 N–H and O–H groups in total. The number of esters is 1. The lowest BCUT2D eigenvalue weighted by Gasteiger charge is -2.59. The van der Waals surface area contributed by atoms with E-state index < -0.39 is 0 Å². The number of ether oxygens (including phenoxy) is 2. The highest BCUT2D eigenvalue weighted by atomic mass is 16.5. The lowest BCUT2D eigenvalue weighted by Crippen LogP contribution is -2.59. The molecule has 5 atom stereocenters. The summed E-state index contributed by atoms with van der Waals surface area (Å²) in [5.41, 5.74) is 2.27. The SMILES string of the molecule is CCOC(=O)c1cnc2[nH]ccc2c1N[C@@H]1[C@@H]2CC3C[C@H]1C[C@@](OC)(C3)C2. The Morgan fingerprint density at radius 2 is 2.11 bits per heavy atom. The van der Waals surface area contributed by atoms with Gasteiger partial charge in [0.1, 0.15) is 11.2 Å². The van der Waals surface area contributed by atoms with Gasteiger partial charge in [-0.25, -0.2) is 9.78 Å². The standard InChI is InChI=1S/C21H27N3O3/c1-3-27-20(25)16-11-23-19-15(4-5-22-19)18(16)24-17-13-6-12-7-14(17)10-21(8-12,9-13)26-2/h4-5,11-14,17H,3,6-10H2,1-2H3,(H2,22,23,24)/t12?,13-,14+,17-,21-. The van der Waals surface area contributed by atoms with E-state index in [1.165, 1.54) is 19.3 Å². The lowest BCUT2D eigenvalue weighted by molar-refractivity contribution is -0.149. The number of carbonyl (C=O) groups excluding carboxylic acids is 1. The maximum atomic E-state index is 12.5. The van der Waals surface area contributed by atoms with Crippen LogP contribution < -0.4 is 5.32 Å². The van der Waals surface area contributed by atoms with E-state index in [9.17, 15) is 4.79 Å². The molecule has 0 aliphatic heterocycles. The van der Waals surface area contributed by atoms with Gasteiger partial charge in [0.05, 0.1) is 17.9 Å². The van der Waals surface area contributed by atoms with Crippen LogP contribution in [0.1, 0.15) is 49.4 Å². The Morgan fingerprint density at radius 1 is 1.33 bits per heavy atom. The van der Waals surface area contributed by atoms with Crippen molar-refractivity contribution in [3.05, 3.63) is 24.0 Å². The van der Waals surface area contributed by atoms with Crippen LogP contribution in [0.2, 0.25) is 0 Å². The van der Waals surface area contributed by atoms with E-state index in [1.54, 1.807) is 6.20 Å². The molecule has 27 heavy (non-hydrogen) atoms. The molecule has 6 heteroatoms. The highest BCUT2D eigenvalue weighted by Gasteiger charge is 2.55. The molecule has 0 radical (unpaired) electrons. The summed E-state index contributed by atoms with van der Waals surface area (Å²) < 4.78 is 11.3.